The molecule has 6 heteroatoms. The summed E-state index contributed by atoms with van der Waals surface area (Å²) in [5.74, 6) is -1.13. The molecule has 0 saturated carbocycles. The van der Waals surface area contributed by atoms with Crippen LogP contribution in [0.25, 0.3) is 0 Å². The molecule has 1 saturated heterocycles. The molecule has 1 rings (SSSR count). The highest BCUT2D eigenvalue weighted by atomic mass is 16.4. The van der Waals surface area contributed by atoms with E-state index in [-0.39, 0.29) is 17.9 Å². The molecule has 0 aromatic heterocycles. The molecule has 1 amide bonds. The Morgan fingerprint density at radius 1 is 1.56 bits per heavy atom. The minimum absolute atomic E-state index is 0.150. The summed E-state index contributed by atoms with van der Waals surface area (Å²) in [4.78, 5) is 26.8. The molecule has 1 atom stereocenters. The van der Waals surface area contributed by atoms with Crippen molar-refractivity contribution in [1.82, 2.24) is 15.1 Å². The minimum Gasteiger partial charge on any atom is -0.481 e. The SMILES string of the molecule is CN(C)CCN1C(CC(=O)O)C(=O)NCC1(C)C. The van der Waals surface area contributed by atoms with Gasteiger partial charge in [0.05, 0.1) is 6.42 Å². The lowest BCUT2D eigenvalue weighted by atomic mass is 9.94. The van der Waals surface area contributed by atoms with Gasteiger partial charge < -0.3 is 15.3 Å². The molecule has 1 aliphatic rings. The monoisotopic (exact) mass is 257 g/mol. The fourth-order valence-electron chi connectivity index (χ4n) is 2.22. The van der Waals surface area contributed by atoms with E-state index in [4.69, 9.17) is 5.11 Å². The maximum atomic E-state index is 11.8. The van der Waals surface area contributed by atoms with Crippen LogP contribution in [0.15, 0.2) is 0 Å². The van der Waals surface area contributed by atoms with Crippen molar-refractivity contribution >= 4 is 11.9 Å². The summed E-state index contributed by atoms with van der Waals surface area (Å²) in [6.45, 7) is 6.08. The number of carboxylic acid groups (broad SMARTS) is 1. The average Bonchev–Trinajstić information content (AvgIpc) is 2.22. The Morgan fingerprint density at radius 2 is 2.17 bits per heavy atom. The predicted molar refractivity (Wildman–Crippen MR) is 68.4 cm³/mol. The van der Waals surface area contributed by atoms with E-state index in [0.717, 1.165) is 6.54 Å². The van der Waals surface area contributed by atoms with Gasteiger partial charge in [0.15, 0.2) is 0 Å². The van der Waals surface area contributed by atoms with Gasteiger partial charge in [-0.3, -0.25) is 14.5 Å². The molecule has 2 N–H and O–H groups in total. The van der Waals surface area contributed by atoms with Gasteiger partial charge in [-0.15, -0.1) is 0 Å². The van der Waals surface area contributed by atoms with Crippen molar-refractivity contribution in [1.29, 1.82) is 0 Å². The third-order valence-corrected chi connectivity index (χ3v) is 3.31. The highest BCUT2D eigenvalue weighted by Crippen LogP contribution is 2.23. The number of piperazine rings is 1. The molecule has 18 heavy (non-hydrogen) atoms. The van der Waals surface area contributed by atoms with Crippen molar-refractivity contribution < 1.29 is 14.7 Å². The number of nitrogens with one attached hydrogen (secondary N) is 1. The van der Waals surface area contributed by atoms with Gasteiger partial charge >= 0.3 is 5.97 Å². The molecule has 0 aliphatic carbocycles. The summed E-state index contributed by atoms with van der Waals surface area (Å²) in [6, 6.07) is -0.578. The van der Waals surface area contributed by atoms with E-state index in [1.807, 2.05) is 37.7 Å². The van der Waals surface area contributed by atoms with Crippen LogP contribution in [0.2, 0.25) is 0 Å². The zero-order valence-corrected chi connectivity index (χ0v) is 11.6. The second-order valence-electron chi connectivity index (χ2n) is 5.64. The minimum atomic E-state index is -0.942. The number of amides is 1. The molecule has 0 radical (unpaired) electrons. The number of aliphatic carboxylic acids is 1. The van der Waals surface area contributed by atoms with Gasteiger partial charge in [0.2, 0.25) is 5.91 Å². The molecule has 6 nitrogen and oxygen atoms in total. The lowest BCUT2D eigenvalue weighted by Crippen LogP contribution is -2.66. The molecule has 0 aromatic rings. The first-order chi connectivity index (χ1) is 8.24. The van der Waals surface area contributed by atoms with E-state index in [9.17, 15) is 9.59 Å². The topological polar surface area (TPSA) is 72.9 Å². The maximum Gasteiger partial charge on any atom is 0.305 e. The number of carboxylic acids is 1. The van der Waals surface area contributed by atoms with Crippen molar-refractivity contribution in [2.75, 3.05) is 33.7 Å². The highest BCUT2D eigenvalue weighted by molar-refractivity contribution is 5.87. The molecule has 1 aliphatic heterocycles. The Balaban J connectivity index is 2.84. The van der Waals surface area contributed by atoms with Crippen molar-refractivity contribution in [2.24, 2.45) is 0 Å². The van der Waals surface area contributed by atoms with Gasteiger partial charge in [-0.05, 0) is 27.9 Å². The Labute approximate surface area is 108 Å². The second kappa shape index (κ2) is 5.67. The summed E-state index contributed by atoms with van der Waals surface area (Å²) in [6.07, 6.45) is -0.150. The van der Waals surface area contributed by atoms with Gasteiger partial charge in [0.1, 0.15) is 6.04 Å². The van der Waals surface area contributed by atoms with Crippen LogP contribution in [-0.4, -0.2) is 72.1 Å². The Hall–Kier alpha value is -1.14. The molecule has 0 bridgehead atoms. The first kappa shape index (κ1) is 14.9. The summed E-state index contributed by atoms with van der Waals surface area (Å²) in [5, 5.41) is 11.7. The smallest absolute Gasteiger partial charge is 0.305 e. The van der Waals surface area contributed by atoms with Crippen LogP contribution in [0.4, 0.5) is 0 Å². The average molecular weight is 257 g/mol. The Kier molecular flexibility index (Phi) is 4.70. The quantitative estimate of drug-likeness (QED) is 0.701. The molecule has 1 fully saturated rings. The highest BCUT2D eigenvalue weighted by Gasteiger charge is 2.41. The van der Waals surface area contributed by atoms with Crippen molar-refractivity contribution in [3.8, 4) is 0 Å². The Bertz CT molecular complexity index is 329. The molecule has 0 aromatic carbocycles. The number of nitrogens with zero attached hydrogens (tertiary/aromatic N) is 2. The maximum absolute atomic E-state index is 11.8. The molecular weight excluding hydrogens is 234 g/mol. The van der Waals surface area contributed by atoms with Crippen LogP contribution in [0.5, 0.6) is 0 Å². The van der Waals surface area contributed by atoms with E-state index in [0.29, 0.717) is 13.1 Å². The third-order valence-electron chi connectivity index (χ3n) is 3.31. The fraction of sp³-hybridized carbons (Fsp3) is 0.833. The molecular formula is C12H23N3O3. The zero-order valence-electron chi connectivity index (χ0n) is 11.6. The number of carbonyl (C=O) groups excluding carboxylic acids is 1. The van der Waals surface area contributed by atoms with E-state index in [1.54, 1.807) is 0 Å². The first-order valence-corrected chi connectivity index (χ1v) is 6.15. The van der Waals surface area contributed by atoms with Crippen LogP contribution in [0, 0.1) is 0 Å². The van der Waals surface area contributed by atoms with Crippen LogP contribution in [-0.2, 0) is 9.59 Å². The summed E-state index contributed by atoms with van der Waals surface area (Å²) in [5.41, 5.74) is -0.218. The van der Waals surface area contributed by atoms with Crippen LogP contribution < -0.4 is 5.32 Å². The normalized spacial score (nSPS) is 24.1. The lowest BCUT2D eigenvalue weighted by molar-refractivity contribution is -0.146. The standard InChI is InChI=1S/C12H23N3O3/c1-12(2)8-13-11(18)9(7-10(16)17)15(12)6-5-14(3)4/h9H,5-8H2,1-4H3,(H,13,18)(H,16,17). The molecule has 104 valence electrons. The summed E-state index contributed by atoms with van der Waals surface area (Å²) in [7, 11) is 3.92. The molecule has 0 spiro atoms. The van der Waals surface area contributed by atoms with Gasteiger partial charge in [-0.1, -0.05) is 0 Å². The summed E-state index contributed by atoms with van der Waals surface area (Å²) < 4.78 is 0. The van der Waals surface area contributed by atoms with Crippen LogP contribution in [0.1, 0.15) is 20.3 Å². The number of hydrogen-bond donors (Lipinski definition) is 2. The number of carbonyl (C=O) groups is 2. The van der Waals surface area contributed by atoms with Gasteiger partial charge in [-0.2, -0.15) is 0 Å². The summed E-state index contributed by atoms with van der Waals surface area (Å²) >= 11 is 0. The van der Waals surface area contributed by atoms with E-state index >= 15 is 0 Å². The third kappa shape index (κ3) is 3.68. The first-order valence-electron chi connectivity index (χ1n) is 6.15. The second-order valence-corrected chi connectivity index (χ2v) is 5.64. The lowest BCUT2D eigenvalue weighted by Gasteiger charge is -2.47. The van der Waals surface area contributed by atoms with Crippen LogP contribution >= 0.6 is 0 Å². The molecule has 1 heterocycles. The predicted octanol–water partition coefficient (Wildman–Crippen LogP) is -0.398. The van der Waals surface area contributed by atoms with E-state index in [2.05, 4.69) is 5.32 Å². The largest absolute Gasteiger partial charge is 0.481 e. The van der Waals surface area contributed by atoms with Gasteiger partial charge in [0, 0.05) is 25.2 Å². The van der Waals surface area contributed by atoms with Crippen molar-refractivity contribution in [3.05, 3.63) is 0 Å². The van der Waals surface area contributed by atoms with Gasteiger partial charge in [-0.25, -0.2) is 0 Å². The van der Waals surface area contributed by atoms with E-state index in [1.165, 1.54) is 0 Å². The van der Waals surface area contributed by atoms with Gasteiger partial charge in [0.25, 0.3) is 0 Å². The fourth-order valence-corrected chi connectivity index (χ4v) is 2.22. The van der Waals surface area contributed by atoms with Crippen LogP contribution in [0.3, 0.4) is 0 Å². The van der Waals surface area contributed by atoms with Crippen molar-refractivity contribution in [3.63, 3.8) is 0 Å². The Morgan fingerprint density at radius 3 is 2.67 bits per heavy atom. The zero-order chi connectivity index (χ0) is 13.9. The number of rotatable bonds is 5. The molecule has 1 unspecified atom stereocenters. The number of likely N-dealkylation sites (N-methyl/N-ethyl adjacent to an activating group) is 1. The van der Waals surface area contributed by atoms with Crippen molar-refractivity contribution in [2.45, 2.75) is 31.8 Å². The van der Waals surface area contributed by atoms with E-state index < -0.39 is 12.0 Å². The number of hydrogen-bond acceptors (Lipinski definition) is 4.